The lowest BCUT2D eigenvalue weighted by Gasteiger charge is -2.26. The Kier molecular flexibility index (Phi) is 5.38. The second kappa shape index (κ2) is 7.65. The van der Waals surface area contributed by atoms with Gasteiger partial charge in [-0.05, 0) is 30.5 Å². The van der Waals surface area contributed by atoms with Crippen LogP contribution in [0.15, 0.2) is 34.2 Å². The lowest BCUT2D eigenvalue weighted by molar-refractivity contribution is 0.00200. The van der Waals surface area contributed by atoms with Crippen molar-refractivity contribution in [1.29, 1.82) is 0 Å². The molecule has 0 radical (unpaired) electrons. The van der Waals surface area contributed by atoms with E-state index in [-0.39, 0.29) is 11.7 Å². The van der Waals surface area contributed by atoms with Gasteiger partial charge in [0.25, 0.3) is 5.56 Å². The van der Waals surface area contributed by atoms with E-state index in [1.807, 2.05) is 24.3 Å². The molecule has 0 bridgehead atoms. The van der Waals surface area contributed by atoms with Gasteiger partial charge in [0.05, 0.1) is 23.8 Å². The second-order valence-electron chi connectivity index (χ2n) is 8.02. The number of rotatable bonds is 4. The van der Waals surface area contributed by atoms with Gasteiger partial charge in [-0.1, -0.05) is 57.2 Å². The number of aryl methyl sites for hydroxylation is 1. The third-order valence-electron chi connectivity index (χ3n) is 5.09. The van der Waals surface area contributed by atoms with Gasteiger partial charge in [0.1, 0.15) is 4.83 Å². The maximum Gasteiger partial charge on any atom is 0.267 e. The Balaban J connectivity index is 1.96. The Morgan fingerprint density at radius 1 is 1.21 bits per heavy atom. The third-order valence-corrected chi connectivity index (χ3v) is 7.14. The maximum absolute atomic E-state index is 13.7. The van der Waals surface area contributed by atoms with Crippen molar-refractivity contribution in [2.45, 2.75) is 64.2 Å². The predicted octanol–water partition coefficient (Wildman–Crippen LogP) is 5.35. The van der Waals surface area contributed by atoms with E-state index in [0.29, 0.717) is 17.8 Å². The molecule has 1 unspecified atom stereocenters. The quantitative estimate of drug-likeness (QED) is 0.426. The number of ether oxygens (including phenoxy) is 1. The normalized spacial score (nSPS) is 16.9. The fourth-order valence-electron chi connectivity index (χ4n) is 3.55. The molecule has 1 atom stereocenters. The fraction of sp³-hybridized carbons (Fsp3) is 0.455. The summed E-state index contributed by atoms with van der Waals surface area (Å²) in [6.07, 6.45) is 0.941. The summed E-state index contributed by atoms with van der Waals surface area (Å²) in [5.74, 6) is 0.422. The molecule has 0 amide bonds. The molecular weight excluding hydrogens is 388 g/mol. The molecule has 148 valence electrons. The van der Waals surface area contributed by atoms with Crippen LogP contribution in [0.2, 0.25) is 0 Å². The number of aromatic nitrogens is 2. The molecule has 0 spiro atoms. The van der Waals surface area contributed by atoms with Crippen LogP contribution in [0.3, 0.4) is 0 Å². The average Bonchev–Trinajstić information content (AvgIpc) is 3.00. The number of fused-ring (bicyclic) bond motifs is 3. The molecule has 0 saturated heterocycles. The first-order chi connectivity index (χ1) is 13.3. The average molecular weight is 415 g/mol. The van der Waals surface area contributed by atoms with Crippen LogP contribution in [-0.2, 0) is 17.8 Å². The number of hydrogen-bond acceptors (Lipinski definition) is 5. The highest BCUT2D eigenvalue weighted by Gasteiger charge is 2.28. The Hall–Kier alpha value is -1.63. The van der Waals surface area contributed by atoms with Crippen LogP contribution in [0.1, 0.15) is 43.7 Å². The maximum atomic E-state index is 13.7. The highest BCUT2D eigenvalue weighted by atomic mass is 32.2. The molecule has 0 N–H and O–H groups in total. The monoisotopic (exact) mass is 414 g/mol. The number of nitrogens with zero attached hydrogens (tertiary/aromatic N) is 2. The molecule has 1 aliphatic rings. The van der Waals surface area contributed by atoms with Crippen LogP contribution in [0.25, 0.3) is 15.9 Å². The van der Waals surface area contributed by atoms with Gasteiger partial charge >= 0.3 is 0 Å². The Morgan fingerprint density at radius 2 is 1.93 bits per heavy atom. The minimum Gasteiger partial charge on any atom is -0.372 e. The topological polar surface area (TPSA) is 44.1 Å². The zero-order valence-corrected chi connectivity index (χ0v) is 18.6. The second-order valence-corrected chi connectivity index (χ2v) is 10.6. The molecule has 1 aliphatic heterocycles. The van der Waals surface area contributed by atoms with Crippen LogP contribution in [0.4, 0.5) is 0 Å². The van der Waals surface area contributed by atoms with E-state index in [4.69, 9.17) is 9.72 Å². The van der Waals surface area contributed by atoms with Gasteiger partial charge < -0.3 is 4.74 Å². The van der Waals surface area contributed by atoms with E-state index in [9.17, 15) is 4.79 Å². The van der Waals surface area contributed by atoms with Gasteiger partial charge in [0.2, 0.25) is 0 Å². The summed E-state index contributed by atoms with van der Waals surface area (Å²) < 4.78 is 7.82. The van der Waals surface area contributed by atoms with Crippen LogP contribution in [-0.4, -0.2) is 20.9 Å². The van der Waals surface area contributed by atoms with Crippen molar-refractivity contribution in [3.8, 4) is 5.69 Å². The lowest BCUT2D eigenvalue weighted by Crippen LogP contribution is -2.28. The summed E-state index contributed by atoms with van der Waals surface area (Å²) in [6.45, 7) is 11.2. The predicted molar refractivity (Wildman–Crippen MR) is 118 cm³/mol. The van der Waals surface area contributed by atoms with Crippen LogP contribution in [0.5, 0.6) is 0 Å². The van der Waals surface area contributed by atoms with Gasteiger partial charge in [0, 0.05) is 16.5 Å². The van der Waals surface area contributed by atoms with E-state index < -0.39 is 0 Å². The van der Waals surface area contributed by atoms with Crippen LogP contribution in [0, 0.1) is 12.8 Å². The van der Waals surface area contributed by atoms with Crippen LogP contribution < -0.4 is 5.56 Å². The lowest BCUT2D eigenvalue weighted by atomic mass is 9.96. The molecule has 3 heterocycles. The SMILES string of the molecule is Cc1ccc(-n2c(SC(C)C)nc3sc4c(c3c2=O)CC(C(C)C)OC4)cc1. The summed E-state index contributed by atoms with van der Waals surface area (Å²) in [7, 11) is 0. The summed E-state index contributed by atoms with van der Waals surface area (Å²) in [4.78, 5) is 20.6. The van der Waals surface area contributed by atoms with Gasteiger partial charge in [-0.25, -0.2) is 4.98 Å². The first-order valence-corrected chi connectivity index (χ1v) is 11.5. The van der Waals surface area contributed by atoms with Crippen molar-refractivity contribution < 1.29 is 4.74 Å². The summed E-state index contributed by atoms with van der Waals surface area (Å²) in [5, 5.41) is 1.88. The Morgan fingerprint density at radius 3 is 2.57 bits per heavy atom. The molecule has 28 heavy (non-hydrogen) atoms. The molecule has 0 fully saturated rings. The van der Waals surface area contributed by atoms with Crippen molar-refractivity contribution in [1.82, 2.24) is 9.55 Å². The molecule has 2 aromatic heterocycles. The number of thioether (sulfide) groups is 1. The van der Waals surface area contributed by atoms with E-state index in [2.05, 4.69) is 34.6 Å². The first-order valence-electron chi connectivity index (χ1n) is 9.77. The molecule has 0 saturated carbocycles. The minimum absolute atomic E-state index is 0.0407. The van der Waals surface area contributed by atoms with Gasteiger partial charge in [-0.2, -0.15) is 0 Å². The standard InChI is InChI=1S/C22H26N2O2S2/c1-12(2)17-10-16-18(11-26-17)28-20-19(16)21(25)24(22(23-20)27-13(3)4)15-8-6-14(5)7-9-15/h6-9,12-13,17H,10-11H2,1-5H3. The first kappa shape index (κ1) is 19.7. The van der Waals surface area contributed by atoms with E-state index in [1.165, 1.54) is 5.56 Å². The van der Waals surface area contributed by atoms with Gasteiger partial charge in [0.15, 0.2) is 5.16 Å². The Bertz CT molecular complexity index is 1060. The zero-order chi connectivity index (χ0) is 20.0. The number of thiophene rings is 1. The highest BCUT2D eigenvalue weighted by molar-refractivity contribution is 7.99. The largest absolute Gasteiger partial charge is 0.372 e. The molecule has 4 rings (SSSR count). The molecular formula is C22H26N2O2S2. The zero-order valence-electron chi connectivity index (χ0n) is 17.0. The van der Waals surface area contributed by atoms with E-state index >= 15 is 0 Å². The summed E-state index contributed by atoms with van der Waals surface area (Å²) >= 11 is 3.24. The van der Waals surface area contributed by atoms with Crippen molar-refractivity contribution in [3.63, 3.8) is 0 Å². The molecule has 6 heteroatoms. The third kappa shape index (κ3) is 3.53. The number of benzene rings is 1. The number of hydrogen-bond donors (Lipinski definition) is 0. The summed E-state index contributed by atoms with van der Waals surface area (Å²) in [6, 6.07) is 8.10. The molecule has 3 aromatic rings. The van der Waals surface area contributed by atoms with Crippen molar-refractivity contribution in [2.75, 3.05) is 0 Å². The van der Waals surface area contributed by atoms with Gasteiger partial charge in [-0.15, -0.1) is 11.3 Å². The van der Waals surface area contributed by atoms with Crippen molar-refractivity contribution in [3.05, 3.63) is 50.6 Å². The van der Waals surface area contributed by atoms with Crippen LogP contribution >= 0.6 is 23.1 Å². The highest BCUT2D eigenvalue weighted by Crippen LogP contribution is 2.36. The Labute approximate surface area is 174 Å². The fourth-order valence-corrected chi connectivity index (χ4v) is 5.58. The summed E-state index contributed by atoms with van der Waals surface area (Å²) in [5.41, 5.74) is 3.23. The minimum atomic E-state index is 0.0407. The van der Waals surface area contributed by atoms with Gasteiger partial charge in [-0.3, -0.25) is 9.36 Å². The van der Waals surface area contributed by atoms with Crippen molar-refractivity contribution in [2.24, 2.45) is 5.92 Å². The van der Waals surface area contributed by atoms with E-state index in [1.54, 1.807) is 27.7 Å². The molecule has 1 aromatic carbocycles. The molecule has 4 nitrogen and oxygen atoms in total. The van der Waals surface area contributed by atoms with Crippen molar-refractivity contribution >= 4 is 33.3 Å². The smallest absolute Gasteiger partial charge is 0.267 e. The van der Waals surface area contributed by atoms with E-state index in [0.717, 1.165) is 37.9 Å². The molecule has 0 aliphatic carbocycles.